The number of furan rings is 1. The van der Waals surface area contributed by atoms with E-state index in [1.165, 1.54) is 18.4 Å². The summed E-state index contributed by atoms with van der Waals surface area (Å²) in [5.74, 6) is -0.270. The van der Waals surface area contributed by atoms with Crippen LogP contribution in [0.5, 0.6) is 0 Å². The summed E-state index contributed by atoms with van der Waals surface area (Å²) < 4.78 is 5.23. The van der Waals surface area contributed by atoms with Crippen molar-refractivity contribution < 1.29 is 14.0 Å². The lowest BCUT2D eigenvalue weighted by Crippen LogP contribution is -2.30. The van der Waals surface area contributed by atoms with Gasteiger partial charge in [0.05, 0.1) is 22.5 Å². The summed E-state index contributed by atoms with van der Waals surface area (Å²) in [5, 5.41) is 2.85. The first kappa shape index (κ1) is 20.4. The quantitative estimate of drug-likeness (QED) is 0.637. The maximum absolute atomic E-state index is 12.5. The van der Waals surface area contributed by atoms with E-state index in [9.17, 15) is 14.4 Å². The fourth-order valence-electron chi connectivity index (χ4n) is 2.87. The zero-order valence-electron chi connectivity index (χ0n) is 16.0. The van der Waals surface area contributed by atoms with Crippen molar-refractivity contribution >= 4 is 29.1 Å². The maximum atomic E-state index is 12.5. The monoisotopic (exact) mass is 413 g/mol. The molecule has 0 atom stereocenters. The molecule has 0 spiro atoms. The predicted molar refractivity (Wildman–Crippen MR) is 111 cm³/mol. The van der Waals surface area contributed by atoms with Gasteiger partial charge in [-0.25, -0.2) is 0 Å². The highest BCUT2D eigenvalue weighted by atomic mass is 35.5. The minimum atomic E-state index is -0.587. The molecule has 0 saturated heterocycles. The van der Waals surface area contributed by atoms with Gasteiger partial charge in [-0.15, -0.1) is 0 Å². The normalized spacial score (nSPS) is 10.6. The third-order valence-corrected chi connectivity index (χ3v) is 4.76. The van der Waals surface area contributed by atoms with Crippen LogP contribution >= 0.6 is 11.6 Å². The second kappa shape index (κ2) is 8.79. The van der Waals surface area contributed by atoms with Crippen molar-refractivity contribution in [1.82, 2.24) is 9.88 Å². The molecule has 2 N–H and O–H groups in total. The van der Waals surface area contributed by atoms with E-state index in [1.807, 2.05) is 13.8 Å². The number of halogens is 1. The van der Waals surface area contributed by atoms with Gasteiger partial charge < -0.3 is 19.6 Å². The molecule has 1 aromatic carbocycles. The van der Waals surface area contributed by atoms with Crippen molar-refractivity contribution in [3.05, 3.63) is 75.2 Å². The smallest absolute Gasteiger partial charge is 0.261 e. The number of amides is 2. The lowest BCUT2D eigenvalue weighted by Gasteiger charge is -2.19. The highest BCUT2D eigenvalue weighted by Gasteiger charge is 2.17. The molecule has 0 radical (unpaired) electrons. The van der Waals surface area contributed by atoms with Crippen molar-refractivity contribution in [1.29, 1.82) is 0 Å². The highest BCUT2D eigenvalue weighted by molar-refractivity contribution is 6.34. The van der Waals surface area contributed by atoms with Crippen LogP contribution in [0.25, 0.3) is 11.5 Å². The summed E-state index contributed by atoms with van der Waals surface area (Å²) in [7, 11) is 0. The molecule has 0 unspecified atom stereocenters. The molecule has 2 heterocycles. The first-order valence-corrected chi connectivity index (χ1v) is 9.49. The number of anilines is 1. The second-order valence-corrected chi connectivity index (χ2v) is 6.63. The van der Waals surface area contributed by atoms with E-state index in [0.717, 1.165) is 0 Å². The molecule has 0 bridgehead atoms. The minimum Gasteiger partial charge on any atom is -0.463 e. The van der Waals surface area contributed by atoms with Gasteiger partial charge in [-0.05, 0) is 56.3 Å². The van der Waals surface area contributed by atoms with Crippen LogP contribution in [0.4, 0.5) is 5.69 Å². The number of carbonyl (C=O) groups excluding carboxylic acids is 2. The first-order valence-electron chi connectivity index (χ1n) is 9.12. The molecule has 29 heavy (non-hydrogen) atoms. The summed E-state index contributed by atoms with van der Waals surface area (Å²) in [6.07, 6.45) is 1.49. The number of nitrogens with zero attached hydrogens (tertiary/aromatic N) is 1. The molecule has 0 saturated carbocycles. The van der Waals surface area contributed by atoms with Crippen LogP contribution in [0.3, 0.4) is 0 Å². The largest absolute Gasteiger partial charge is 0.463 e. The van der Waals surface area contributed by atoms with Crippen LogP contribution in [0, 0.1) is 0 Å². The Kier molecular flexibility index (Phi) is 6.19. The third-order valence-electron chi connectivity index (χ3n) is 4.45. The molecule has 3 rings (SSSR count). The van der Waals surface area contributed by atoms with E-state index in [2.05, 4.69) is 10.3 Å². The van der Waals surface area contributed by atoms with Crippen LogP contribution in [0.1, 0.15) is 34.6 Å². The van der Waals surface area contributed by atoms with Gasteiger partial charge in [0.25, 0.3) is 17.4 Å². The van der Waals surface area contributed by atoms with E-state index in [0.29, 0.717) is 35.8 Å². The average molecular weight is 414 g/mol. The van der Waals surface area contributed by atoms with Gasteiger partial charge in [0.1, 0.15) is 11.3 Å². The Labute approximate surface area is 172 Å². The number of carbonyl (C=O) groups is 2. The lowest BCUT2D eigenvalue weighted by molar-refractivity contribution is 0.0773. The number of rotatable bonds is 6. The van der Waals surface area contributed by atoms with Crippen molar-refractivity contribution in [3.8, 4) is 11.5 Å². The van der Waals surface area contributed by atoms with Gasteiger partial charge in [-0.3, -0.25) is 14.4 Å². The zero-order chi connectivity index (χ0) is 21.0. The number of aromatic amines is 1. The number of nitrogens with one attached hydrogen (secondary N) is 2. The van der Waals surface area contributed by atoms with Gasteiger partial charge in [-0.2, -0.15) is 0 Å². The Morgan fingerprint density at radius 2 is 1.83 bits per heavy atom. The Morgan fingerprint density at radius 3 is 2.41 bits per heavy atom. The standard InChI is InChI=1S/C21H20ClN3O4/c1-3-25(4-2)21(28)14-8-7-13(12-16(14)22)23-19(26)15-9-10-17(24-20(15)27)18-6-5-11-29-18/h5-12H,3-4H2,1-2H3,(H,23,26)(H,24,27). The number of hydrogen-bond acceptors (Lipinski definition) is 4. The molecule has 3 aromatic rings. The van der Waals surface area contributed by atoms with Crippen molar-refractivity contribution in [3.63, 3.8) is 0 Å². The van der Waals surface area contributed by atoms with Crippen molar-refractivity contribution in [2.45, 2.75) is 13.8 Å². The molecule has 0 aliphatic rings. The topological polar surface area (TPSA) is 95.4 Å². The summed E-state index contributed by atoms with van der Waals surface area (Å²) >= 11 is 6.24. The summed E-state index contributed by atoms with van der Waals surface area (Å²) in [5.41, 5.74) is 0.606. The molecule has 0 aliphatic heterocycles. The Hall–Kier alpha value is -3.32. The highest BCUT2D eigenvalue weighted by Crippen LogP contribution is 2.23. The van der Waals surface area contributed by atoms with E-state index in [-0.39, 0.29) is 16.5 Å². The van der Waals surface area contributed by atoms with Crippen molar-refractivity contribution in [2.75, 3.05) is 18.4 Å². The molecule has 2 aromatic heterocycles. The molecule has 150 valence electrons. The summed E-state index contributed by atoms with van der Waals surface area (Å²) in [6.45, 7) is 4.92. The minimum absolute atomic E-state index is 0.0558. The van der Waals surface area contributed by atoms with Crippen LogP contribution in [-0.2, 0) is 0 Å². The molecule has 8 heteroatoms. The molecule has 7 nitrogen and oxygen atoms in total. The summed E-state index contributed by atoms with van der Waals surface area (Å²) in [4.78, 5) is 41.5. The van der Waals surface area contributed by atoms with Crippen LogP contribution in [-0.4, -0.2) is 34.8 Å². The molecule has 2 amide bonds. The van der Waals surface area contributed by atoms with E-state index in [4.69, 9.17) is 16.0 Å². The van der Waals surface area contributed by atoms with Gasteiger partial charge in [0.15, 0.2) is 0 Å². The molecule has 0 aliphatic carbocycles. The molecular formula is C21H20ClN3O4. The van der Waals surface area contributed by atoms with E-state index >= 15 is 0 Å². The molecule has 0 fully saturated rings. The maximum Gasteiger partial charge on any atom is 0.261 e. The zero-order valence-corrected chi connectivity index (χ0v) is 16.7. The summed E-state index contributed by atoms with van der Waals surface area (Å²) in [6, 6.07) is 11.0. The predicted octanol–water partition coefficient (Wildman–Crippen LogP) is 4.02. The number of pyridine rings is 1. The second-order valence-electron chi connectivity index (χ2n) is 6.22. The number of aromatic nitrogens is 1. The molecular weight excluding hydrogens is 394 g/mol. The van der Waals surface area contributed by atoms with Gasteiger partial charge in [0.2, 0.25) is 0 Å². The van der Waals surface area contributed by atoms with Crippen LogP contribution in [0.15, 0.2) is 57.9 Å². The van der Waals surface area contributed by atoms with Gasteiger partial charge >= 0.3 is 0 Å². The fourth-order valence-corrected chi connectivity index (χ4v) is 3.14. The van der Waals surface area contributed by atoms with Gasteiger partial charge in [0, 0.05) is 18.8 Å². The fraction of sp³-hybridized carbons (Fsp3) is 0.190. The first-order chi connectivity index (χ1) is 13.9. The Balaban J connectivity index is 1.78. The Bertz CT molecular complexity index is 1090. The van der Waals surface area contributed by atoms with Crippen LogP contribution in [0.2, 0.25) is 5.02 Å². The van der Waals surface area contributed by atoms with E-state index < -0.39 is 11.5 Å². The van der Waals surface area contributed by atoms with Gasteiger partial charge in [-0.1, -0.05) is 11.6 Å². The van der Waals surface area contributed by atoms with E-state index in [1.54, 1.807) is 35.2 Å². The Morgan fingerprint density at radius 1 is 1.10 bits per heavy atom. The number of H-pyrrole nitrogens is 1. The number of hydrogen-bond donors (Lipinski definition) is 2. The third kappa shape index (κ3) is 4.41. The average Bonchev–Trinajstić information content (AvgIpc) is 3.23. The van der Waals surface area contributed by atoms with Crippen molar-refractivity contribution in [2.24, 2.45) is 0 Å². The van der Waals surface area contributed by atoms with Crippen LogP contribution < -0.4 is 10.9 Å². The lowest BCUT2D eigenvalue weighted by atomic mass is 10.1. The SMILES string of the molecule is CCN(CC)C(=O)c1ccc(NC(=O)c2ccc(-c3ccco3)[nH]c2=O)cc1Cl. The number of benzene rings is 1.